The summed E-state index contributed by atoms with van der Waals surface area (Å²) in [7, 11) is 1.80. The number of likely N-dealkylation sites (tertiary alicyclic amines) is 2. The highest BCUT2D eigenvalue weighted by molar-refractivity contribution is 7.14. The first-order chi connectivity index (χ1) is 18.8. The molecule has 1 unspecified atom stereocenters. The second kappa shape index (κ2) is 10.3. The third-order valence-corrected chi connectivity index (χ3v) is 8.11. The van der Waals surface area contributed by atoms with Gasteiger partial charge in [0, 0.05) is 62.1 Å². The number of nitrogens with zero attached hydrogens (tertiary/aromatic N) is 5. The van der Waals surface area contributed by atoms with E-state index in [9.17, 15) is 9.59 Å². The third-order valence-electron chi connectivity index (χ3n) is 7.22. The van der Waals surface area contributed by atoms with E-state index in [2.05, 4.69) is 17.1 Å². The third kappa shape index (κ3) is 5.29. The van der Waals surface area contributed by atoms with Gasteiger partial charge in [-0.1, -0.05) is 24.3 Å². The molecule has 9 nitrogen and oxygen atoms in total. The first-order valence-electron chi connectivity index (χ1n) is 13.0. The second-order valence-electron chi connectivity index (χ2n) is 10.4. The zero-order chi connectivity index (χ0) is 27.1. The Morgan fingerprint density at radius 1 is 1.03 bits per heavy atom. The van der Waals surface area contributed by atoms with Gasteiger partial charge in [0.2, 0.25) is 17.7 Å². The van der Waals surface area contributed by atoms with Gasteiger partial charge in [-0.25, -0.2) is 4.98 Å². The lowest BCUT2D eigenvalue weighted by molar-refractivity contribution is -0.128. The monoisotopic (exact) mass is 543 g/mol. The van der Waals surface area contributed by atoms with Crippen LogP contribution in [0.5, 0.6) is 11.5 Å². The van der Waals surface area contributed by atoms with Gasteiger partial charge in [-0.2, -0.15) is 0 Å². The van der Waals surface area contributed by atoms with E-state index >= 15 is 0 Å². The number of hydrogen-bond acceptors (Lipinski definition) is 8. The van der Waals surface area contributed by atoms with Crippen molar-refractivity contribution in [2.45, 2.75) is 39.2 Å². The Balaban J connectivity index is 1.28. The SMILES string of the molecule is Cc1nnc(-c2ccc(Oc3cc(-c4nc(C5CC(=O)N(C)C5)co4)ccc3CN3C[C@@H](C)CC3=O)cc2)s1. The molecule has 200 valence electrons. The molecule has 6 rings (SSSR count). The standard InChI is InChI=1S/C29H29N5O4S/c1-17-10-27(36)34(13-17)15-21-5-4-20(28-30-24(16-37-28)22-12-26(35)33(3)14-22)11-25(21)38-23-8-6-19(7-9-23)29-32-31-18(2)39-29/h4-9,11,16-17,22H,10,12-15H2,1-3H3/t17-,22?/m0/s1. The first kappa shape index (κ1) is 25.2. The number of aryl methyl sites for hydroxylation is 1. The molecule has 2 aliphatic rings. The van der Waals surface area contributed by atoms with Crippen molar-refractivity contribution in [3.8, 4) is 33.5 Å². The number of oxazole rings is 1. The molecule has 0 radical (unpaired) electrons. The Hall–Kier alpha value is -4.05. The predicted octanol–water partition coefficient (Wildman–Crippen LogP) is 5.27. The van der Waals surface area contributed by atoms with E-state index in [0.717, 1.165) is 38.9 Å². The van der Waals surface area contributed by atoms with Crippen molar-refractivity contribution in [3.05, 3.63) is 65.0 Å². The maximum Gasteiger partial charge on any atom is 0.226 e. The molecule has 2 atom stereocenters. The number of benzene rings is 2. The van der Waals surface area contributed by atoms with Crippen molar-refractivity contribution in [2.75, 3.05) is 20.1 Å². The highest BCUT2D eigenvalue weighted by Crippen LogP contribution is 2.35. The predicted molar refractivity (Wildman–Crippen MR) is 146 cm³/mol. The van der Waals surface area contributed by atoms with E-state index < -0.39 is 0 Å². The number of ether oxygens (including phenoxy) is 1. The molecule has 2 fully saturated rings. The van der Waals surface area contributed by atoms with Crippen molar-refractivity contribution in [1.82, 2.24) is 25.0 Å². The van der Waals surface area contributed by atoms with Crippen LogP contribution in [-0.4, -0.2) is 56.9 Å². The Bertz CT molecular complexity index is 1530. The number of carbonyl (C=O) groups is 2. The summed E-state index contributed by atoms with van der Waals surface area (Å²) in [6.45, 7) is 5.85. The van der Waals surface area contributed by atoms with Gasteiger partial charge in [-0.3, -0.25) is 9.59 Å². The van der Waals surface area contributed by atoms with Crippen LogP contribution in [0.2, 0.25) is 0 Å². The summed E-state index contributed by atoms with van der Waals surface area (Å²) < 4.78 is 12.2. The summed E-state index contributed by atoms with van der Waals surface area (Å²) in [5.74, 6) is 2.40. The van der Waals surface area contributed by atoms with Gasteiger partial charge >= 0.3 is 0 Å². The Morgan fingerprint density at radius 3 is 2.49 bits per heavy atom. The van der Waals surface area contributed by atoms with Crippen molar-refractivity contribution >= 4 is 23.2 Å². The van der Waals surface area contributed by atoms with E-state index in [1.165, 1.54) is 0 Å². The van der Waals surface area contributed by atoms with Gasteiger partial charge in [0.05, 0.1) is 5.69 Å². The zero-order valence-electron chi connectivity index (χ0n) is 22.1. The van der Waals surface area contributed by atoms with Crippen LogP contribution in [0.4, 0.5) is 0 Å². The molecular weight excluding hydrogens is 514 g/mol. The molecule has 0 saturated carbocycles. The number of rotatable bonds is 7. The van der Waals surface area contributed by atoms with Gasteiger partial charge < -0.3 is 19.0 Å². The fourth-order valence-corrected chi connectivity index (χ4v) is 5.81. The molecule has 2 saturated heterocycles. The van der Waals surface area contributed by atoms with E-state index in [-0.39, 0.29) is 17.7 Å². The van der Waals surface area contributed by atoms with Crippen LogP contribution in [0, 0.1) is 12.8 Å². The minimum atomic E-state index is 0.0218. The molecule has 10 heteroatoms. The molecule has 39 heavy (non-hydrogen) atoms. The molecular formula is C29H29N5O4S. The van der Waals surface area contributed by atoms with Gasteiger partial charge in [0.1, 0.15) is 27.8 Å². The number of amides is 2. The summed E-state index contributed by atoms with van der Waals surface area (Å²) in [5.41, 5.74) is 3.41. The van der Waals surface area contributed by atoms with Crippen LogP contribution in [-0.2, 0) is 16.1 Å². The van der Waals surface area contributed by atoms with Gasteiger partial charge in [0.25, 0.3) is 0 Å². The van der Waals surface area contributed by atoms with Crippen molar-refractivity contribution < 1.29 is 18.7 Å². The molecule has 4 heterocycles. The largest absolute Gasteiger partial charge is 0.457 e. The molecule has 0 aliphatic carbocycles. The summed E-state index contributed by atoms with van der Waals surface area (Å²) in [5, 5.41) is 10.1. The average molecular weight is 544 g/mol. The number of likely N-dealkylation sites (N-methyl/N-ethyl adjacent to an activating group) is 1. The normalized spacial score (nSPS) is 19.4. The Labute approximate surface area is 230 Å². The minimum Gasteiger partial charge on any atom is -0.457 e. The van der Waals surface area contributed by atoms with Crippen molar-refractivity contribution in [3.63, 3.8) is 0 Å². The van der Waals surface area contributed by atoms with Crippen LogP contribution >= 0.6 is 11.3 Å². The van der Waals surface area contributed by atoms with Gasteiger partial charge in [0.15, 0.2) is 0 Å². The van der Waals surface area contributed by atoms with E-state index in [4.69, 9.17) is 14.1 Å². The van der Waals surface area contributed by atoms with Crippen LogP contribution < -0.4 is 4.74 Å². The molecule has 2 aromatic carbocycles. The summed E-state index contributed by atoms with van der Waals surface area (Å²) in [6, 6.07) is 13.5. The summed E-state index contributed by atoms with van der Waals surface area (Å²) in [4.78, 5) is 32.8. The van der Waals surface area contributed by atoms with E-state index in [1.54, 1.807) is 29.5 Å². The molecule has 0 spiro atoms. The number of carbonyl (C=O) groups excluding carboxylic acids is 2. The maximum absolute atomic E-state index is 12.5. The fraction of sp³-hybridized carbons (Fsp3) is 0.345. The van der Waals surface area contributed by atoms with Crippen molar-refractivity contribution in [1.29, 1.82) is 0 Å². The summed E-state index contributed by atoms with van der Waals surface area (Å²) >= 11 is 1.54. The molecule has 2 aliphatic heterocycles. The van der Waals surface area contributed by atoms with Crippen LogP contribution in [0.15, 0.2) is 53.1 Å². The van der Waals surface area contributed by atoms with Gasteiger partial charge in [-0.05, 0) is 49.2 Å². The molecule has 0 bridgehead atoms. The average Bonchev–Trinajstić information content (AvgIpc) is 3.70. The summed E-state index contributed by atoms with van der Waals surface area (Å²) in [6.07, 6.45) is 2.64. The lowest BCUT2D eigenvalue weighted by Gasteiger charge is -2.19. The van der Waals surface area contributed by atoms with E-state index in [0.29, 0.717) is 49.2 Å². The van der Waals surface area contributed by atoms with Crippen LogP contribution in [0.25, 0.3) is 22.0 Å². The lowest BCUT2D eigenvalue weighted by atomic mass is 10.1. The number of hydrogen-bond donors (Lipinski definition) is 0. The highest BCUT2D eigenvalue weighted by atomic mass is 32.1. The topological polar surface area (TPSA) is 102 Å². The Morgan fingerprint density at radius 2 is 1.82 bits per heavy atom. The zero-order valence-corrected chi connectivity index (χ0v) is 22.9. The first-order valence-corrected chi connectivity index (χ1v) is 13.8. The quantitative estimate of drug-likeness (QED) is 0.313. The van der Waals surface area contributed by atoms with Gasteiger partial charge in [-0.15, -0.1) is 10.2 Å². The van der Waals surface area contributed by atoms with Crippen LogP contribution in [0.3, 0.4) is 0 Å². The molecule has 0 N–H and O–H groups in total. The van der Waals surface area contributed by atoms with E-state index in [1.807, 2.05) is 54.3 Å². The highest BCUT2D eigenvalue weighted by Gasteiger charge is 2.31. The molecule has 2 amide bonds. The fourth-order valence-electron chi connectivity index (χ4n) is 5.12. The maximum atomic E-state index is 12.5. The molecule has 2 aromatic heterocycles. The second-order valence-corrected chi connectivity index (χ2v) is 11.6. The number of aromatic nitrogens is 3. The Kier molecular flexibility index (Phi) is 6.64. The van der Waals surface area contributed by atoms with Crippen molar-refractivity contribution in [2.24, 2.45) is 5.92 Å². The lowest BCUT2D eigenvalue weighted by Crippen LogP contribution is -2.24. The minimum absolute atomic E-state index is 0.0218. The smallest absolute Gasteiger partial charge is 0.226 e. The van der Waals surface area contributed by atoms with Crippen LogP contribution in [0.1, 0.15) is 41.9 Å². The molecule has 4 aromatic rings.